The van der Waals surface area contributed by atoms with Crippen LogP contribution in [0.15, 0.2) is 12.1 Å². The smallest absolute Gasteiger partial charge is 0.148 e. The fraction of sp³-hybridized carbons (Fsp3) is 0.333. The molecule has 0 amide bonds. The van der Waals surface area contributed by atoms with Crippen molar-refractivity contribution in [1.82, 2.24) is 0 Å². The Balaban J connectivity index is 3.04. The monoisotopic (exact) mass is 206 g/mol. The van der Waals surface area contributed by atoms with Gasteiger partial charge in [0.25, 0.3) is 0 Å². The lowest BCUT2D eigenvalue weighted by Crippen LogP contribution is -2.06. The van der Waals surface area contributed by atoms with Gasteiger partial charge in [0.05, 0.1) is 6.10 Å². The molecule has 13 heavy (non-hydrogen) atoms. The van der Waals surface area contributed by atoms with Crippen LogP contribution in [0.4, 0.5) is 8.78 Å². The molecule has 0 radical (unpaired) electrons. The second-order valence-corrected chi connectivity index (χ2v) is 3.27. The third-order valence-electron chi connectivity index (χ3n) is 1.63. The van der Waals surface area contributed by atoms with Gasteiger partial charge in [0, 0.05) is 6.42 Å². The van der Waals surface area contributed by atoms with Gasteiger partial charge in [-0.15, -0.1) is 0 Å². The third kappa shape index (κ3) is 2.39. The second-order valence-electron chi connectivity index (χ2n) is 2.89. The Hall–Kier alpha value is -0.670. The first-order valence-corrected chi connectivity index (χ1v) is 4.20. The lowest BCUT2D eigenvalue weighted by atomic mass is 10.1. The Bertz CT molecular complexity index is 313. The first kappa shape index (κ1) is 10.4. The van der Waals surface area contributed by atoms with Gasteiger partial charge in [0.15, 0.2) is 0 Å². The van der Waals surface area contributed by atoms with Crippen LogP contribution < -0.4 is 0 Å². The number of hydrogen-bond donors (Lipinski definition) is 1. The zero-order valence-corrected chi connectivity index (χ0v) is 7.78. The van der Waals surface area contributed by atoms with Crippen molar-refractivity contribution < 1.29 is 13.9 Å². The quantitative estimate of drug-likeness (QED) is 0.738. The Labute approximate surface area is 80.0 Å². The Morgan fingerprint density at radius 3 is 2.62 bits per heavy atom. The maximum atomic E-state index is 13.1. The van der Waals surface area contributed by atoms with Gasteiger partial charge in [-0.25, -0.2) is 8.78 Å². The zero-order chi connectivity index (χ0) is 10.0. The average Bonchev–Trinajstić information content (AvgIpc) is 2.06. The zero-order valence-electron chi connectivity index (χ0n) is 7.02. The topological polar surface area (TPSA) is 20.2 Å². The van der Waals surface area contributed by atoms with Crippen molar-refractivity contribution in [2.24, 2.45) is 0 Å². The van der Waals surface area contributed by atoms with Crippen molar-refractivity contribution >= 4 is 11.6 Å². The maximum absolute atomic E-state index is 13.1. The van der Waals surface area contributed by atoms with E-state index in [1.54, 1.807) is 0 Å². The summed E-state index contributed by atoms with van der Waals surface area (Å²) in [5.41, 5.74) is 0.224. The summed E-state index contributed by atoms with van der Waals surface area (Å²) in [6, 6.07) is 2.37. The summed E-state index contributed by atoms with van der Waals surface area (Å²) in [7, 11) is 0. The SMILES string of the molecule is C[C@H](O)Cc1ccc(F)c(Cl)c1F. The van der Waals surface area contributed by atoms with E-state index < -0.39 is 22.8 Å². The van der Waals surface area contributed by atoms with E-state index in [2.05, 4.69) is 0 Å². The van der Waals surface area contributed by atoms with Crippen molar-refractivity contribution in [1.29, 1.82) is 0 Å². The number of benzene rings is 1. The van der Waals surface area contributed by atoms with Crippen LogP contribution in [0.2, 0.25) is 5.02 Å². The highest BCUT2D eigenvalue weighted by Crippen LogP contribution is 2.22. The van der Waals surface area contributed by atoms with E-state index in [4.69, 9.17) is 16.7 Å². The average molecular weight is 207 g/mol. The molecule has 0 saturated carbocycles. The Morgan fingerprint density at radius 1 is 1.46 bits per heavy atom. The molecule has 72 valence electrons. The highest BCUT2D eigenvalue weighted by molar-refractivity contribution is 6.30. The number of rotatable bonds is 2. The molecule has 1 atom stereocenters. The third-order valence-corrected chi connectivity index (χ3v) is 1.98. The number of halogens is 3. The summed E-state index contributed by atoms with van der Waals surface area (Å²) in [4.78, 5) is 0. The van der Waals surface area contributed by atoms with E-state index in [9.17, 15) is 8.78 Å². The van der Waals surface area contributed by atoms with Gasteiger partial charge in [-0.3, -0.25) is 0 Å². The minimum Gasteiger partial charge on any atom is -0.393 e. The van der Waals surface area contributed by atoms with E-state index >= 15 is 0 Å². The Kier molecular flexibility index (Phi) is 3.22. The summed E-state index contributed by atoms with van der Waals surface area (Å²) in [5, 5.41) is 8.47. The van der Waals surface area contributed by atoms with Crippen LogP contribution in [0.3, 0.4) is 0 Å². The van der Waals surface area contributed by atoms with Crippen molar-refractivity contribution in [2.75, 3.05) is 0 Å². The summed E-state index contributed by atoms with van der Waals surface area (Å²) >= 11 is 5.33. The molecule has 0 unspecified atom stereocenters. The van der Waals surface area contributed by atoms with Crippen LogP contribution in [0.25, 0.3) is 0 Å². The van der Waals surface area contributed by atoms with Crippen molar-refractivity contribution in [3.63, 3.8) is 0 Å². The van der Waals surface area contributed by atoms with E-state index in [-0.39, 0.29) is 12.0 Å². The van der Waals surface area contributed by atoms with Crippen molar-refractivity contribution in [3.8, 4) is 0 Å². The van der Waals surface area contributed by atoms with Crippen molar-refractivity contribution in [3.05, 3.63) is 34.4 Å². The van der Waals surface area contributed by atoms with E-state index in [0.717, 1.165) is 6.07 Å². The molecule has 1 nitrogen and oxygen atoms in total. The Morgan fingerprint density at radius 2 is 2.08 bits per heavy atom. The highest BCUT2D eigenvalue weighted by atomic mass is 35.5. The summed E-state index contributed by atoms with van der Waals surface area (Å²) in [6.45, 7) is 1.52. The summed E-state index contributed by atoms with van der Waals surface area (Å²) in [5.74, 6) is -1.57. The first-order valence-electron chi connectivity index (χ1n) is 3.82. The van der Waals surface area contributed by atoms with E-state index in [1.165, 1.54) is 13.0 Å². The summed E-state index contributed by atoms with van der Waals surface area (Å²) in [6.07, 6.45) is -0.540. The lowest BCUT2D eigenvalue weighted by molar-refractivity contribution is 0.194. The van der Waals surface area contributed by atoms with Crippen LogP contribution in [0, 0.1) is 11.6 Å². The lowest BCUT2D eigenvalue weighted by Gasteiger charge is -2.06. The van der Waals surface area contributed by atoms with Crippen molar-refractivity contribution in [2.45, 2.75) is 19.4 Å². The van der Waals surface area contributed by atoms with Crippen LogP contribution >= 0.6 is 11.6 Å². The van der Waals surface area contributed by atoms with Gasteiger partial charge >= 0.3 is 0 Å². The normalized spacial score (nSPS) is 13.0. The number of aliphatic hydroxyl groups excluding tert-OH is 1. The minimum absolute atomic E-state index is 0.131. The number of aliphatic hydroxyl groups is 1. The molecule has 0 fully saturated rings. The van der Waals surface area contributed by atoms with E-state index in [1.807, 2.05) is 0 Å². The second kappa shape index (κ2) is 4.03. The minimum atomic E-state index is -0.789. The van der Waals surface area contributed by atoms with Crippen LogP contribution in [0.1, 0.15) is 12.5 Å². The molecule has 0 spiro atoms. The molecule has 1 aromatic carbocycles. The highest BCUT2D eigenvalue weighted by Gasteiger charge is 2.12. The molecule has 1 N–H and O–H groups in total. The predicted molar refractivity (Wildman–Crippen MR) is 46.8 cm³/mol. The molecule has 0 aliphatic carbocycles. The molecule has 1 aromatic rings. The molecule has 4 heteroatoms. The van der Waals surface area contributed by atoms with Gasteiger partial charge in [-0.05, 0) is 18.6 Å². The van der Waals surface area contributed by atoms with Crippen LogP contribution in [0.5, 0.6) is 0 Å². The molecule has 0 bridgehead atoms. The van der Waals surface area contributed by atoms with Gasteiger partial charge in [-0.2, -0.15) is 0 Å². The largest absolute Gasteiger partial charge is 0.393 e. The maximum Gasteiger partial charge on any atom is 0.148 e. The number of hydrogen-bond acceptors (Lipinski definition) is 1. The van der Waals surface area contributed by atoms with E-state index in [0.29, 0.717) is 0 Å². The first-order chi connectivity index (χ1) is 6.02. The predicted octanol–water partition coefficient (Wildman–Crippen LogP) is 2.54. The molecule has 1 rings (SSSR count). The van der Waals surface area contributed by atoms with Gasteiger partial charge in [-0.1, -0.05) is 17.7 Å². The standard InChI is InChI=1S/C9H9ClF2O/c1-5(13)4-6-2-3-7(11)8(10)9(6)12/h2-3,5,13H,4H2,1H3/t5-/m0/s1. The molecule has 0 aliphatic heterocycles. The fourth-order valence-corrected chi connectivity index (χ4v) is 1.23. The molecular weight excluding hydrogens is 198 g/mol. The van der Waals surface area contributed by atoms with Crippen LogP contribution in [-0.2, 0) is 6.42 Å². The van der Waals surface area contributed by atoms with Gasteiger partial charge in [0.2, 0.25) is 0 Å². The fourth-order valence-electron chi connectivity index (χ4n) is 1.04. The molecule has 0 heterocycles. The molecule has 0 aliphatic rings. The molecular formula is C9H9ClF2O. The van der Waals surface area contributed by atoms with Gasteiger partial charge < -0.3 is 5.11 Å². The summed E-state index contributed by atoms with van der Waals surface area (Å²) < 4.78 is 25.8. The van der Waals surface area contributed by atoms with Gasteiger partial charge in [0.1, 0.15) is 16.7 Å². The molecule has 0 saturated heterocycles. The molecule has 0 aromatic heterocycles. The van der Waals surface area contributed by atoms with Crippen LogP contribution in [-0.4, -0.2) is 11.2 Å².